The van der Waals surface area contributed by atoms with Crippen molar-refractivity contribution in [3.63, 3.8) is 0 Å². The summed E-state index contributed by atoms with van der Waals surface area (Å²) in [5, 5.41) is 5.80. The fourth-order valence-corrected chi connectivity index (χ4v) is 4.57. The molecule has 0 fully saturated rings. The third-order valence-corrected chi connectivity index (χ3v) is 6.15. The van der Waals surface area contributed by atoms with E-state index in [9.17, 15) is 9.59 Å². The average molecular weight is 432 g/mol. The molecule has 0 aliphatic carbocycles. The predicted molar refractivity (Wildman–Crippen MR) is 131 cm³/mol. The summed E-state index contributed by atoms with van der Waals surface area (Å²) in [6, 6.07) is 24.9. The number of anilines is 3. The molecule has 6 rings (SSSR count). The SMILES string of the molecule is O=C(c1ccccc1)N1CCc2ccc(Nc3ccnc4[nH]c(=O)c5ccccc5c34)cc21. The Morgan fingerprint density at radius 2 is 1.73 bits per heavy atom. The Bertz CT molecular complexity index is 1590. The number of aromatic amines is 1. The summed E-state index contributed by atoms with van der Waals surface area (Å²) in [6.07, 6.45) is 2.51. The van der Waals surface area contributed by atoms with Crippen LogP contribution in [-0.4, -0.2) is 22.4 Å². The van der Waals surface area contributed by atoms with E-state index in [0.29, 0.717) is 23.1 Å². The Hall–Kier alpha value is -4.45. The number of rotatable bonds is 3. The van der Waals surface area contributed by atoms with Crippen LogP contribution in [0.15, 0.2) is 89.9 Å². The van der Waals surface area contributed by atoms with Gasteiger partial charge in [-0.1, -0.05) is 42.5 Å². The van der Waals surface area contributed by atoms with Gasteiger partial charge in [0.2, 0.25) is 0 Å². The van der Waals surface area contributed by atoms with Gasteiger partial charge in [0.15, 0.2) is 0 Å². The third-order valence-electron chi connectivity index (χ3n) is 6.15. The number of pyridine rings is 2. The number of nitrogens with zero attached hydrogens (tertiary/aromatic N) is 2. The summed E-state index contributed by atoms with van der Waals surface area (Å²) in [6.45, 7) is 0.663. The lowest BCUT2D eigenvalue weighted by Gasteiger charge is -2.19. The number of carbonyl (C=O) groups excluding carboxylic acids is 1. The number of aromatic nitrogens is 2. The number of hydrogen-bond donors (Lipinski definition) is 2. The van der Waals surface area contributed by atoms with Gasteiger partial charge in [0.05, 0.1) is 5.69 Å². The van der Waals surface area contributed by atoms with Crippen LogP contribution in [0.2, 0.25) is 0 Å². The Morgan fingerprint density at radius 1 is 0.939 bits per heavy atom. The molecule has 1 aliphatic heterocycles. The van der Waals surface area contributed by atoms with E-state index in [1.807, 2.05) is 77.7 Å². The summed E-state index contributed by atoms with van der Waals surface area (Å²) in [5.74, 6) is 0.00410. The van der Waals surface area contributed by atoms with Crippen LogP contribution in [0.1, 0.15) is 15.9 Å². The van der Waals surface area contributed by atoms with E-state index in [0.717, 1.165) is 39.8 Å². The number of fused-ring (bicyclic) bond motifs is 4. The summed E-state index contributed by atoms with van der Waals surface area (Å²) >= 11 is 0. The van der Waals surface area contributed by atoms with Crippen molar-refractivity contribution in [3.8, 4) is 0 Å². The molecule has 3 heterocycles. The van der Waals surface area contributed by atoms with Crippen LogP contribution in [-0.2, 0) is 6.42 Å². The molecule has 33 heavy (non-hydrogen) atoms. The van der Waals surface area contributed by atoms with Crippen molar-refractivity contribution < 1.29 is 4.79 Å². The van der Waals surface area contributed by atoms with Crippen LogP contribution in [0.4, 0.5) is 17.1 Å². The van der Waals surface area contributed by atoms with Crippen molar-refractivity contribution in [3.05, 3.63) is 107 Å². The summed E-state index contributed by atoms with van der Waals surface area (Å²) in [4.78, 5) is 34.6. The molecule has 0 saturated heterocycles. The molecule has 3 aromatic carbocycles. The summed E-state index contributed by atoms with van der Waals surface area (Å²) < 4.78 is 0. The molecule has 6 nitrogen and oxygen atoms in total. The lowest BCUT2D eigenvalue weighted by molar-refractivity contribution is 0.0989. The number of carbonyl (C=O) groups is 1. The minimum absolute atomic E-state index is 0.00410. The minimum atomic E-state index is -0.157. The molecule has 0 spiro atoms. The number of hydrogen-bond acceptors (Lipinski definition) is 4. The molecular formula is C27H20N4O2. The molecule has 0 radical (unpaired) electrons. The second kappa shape index (κ2) is 7.60. The van der Waals surface area contributed by atoms with E-state index < -0.39 is 0 Å². The minimum Gasteiger partial charge on any atom is -0.355 e. The Balaban J connectivity index is 1.42. The van der Waals surface area contributed by atoms with Gasteiger partial charge >= 0.3 is 0 Å². The van der Waals surface area contributed by atoms with E-state index in [-0.39, 0.29) is 11.5 Å². The van der Waals surface area contributed by atoms with Crippen LogP contribution < -0.4 is 15.8 Å². The Morgan fingerprint density at radius 3 is 2.58 bits per heavy atom. The summed E-state index contributed by atoms with van der Waals surface area (Å²) in [5.41, 5.74) is 4.83. The lowest BCUT2D eigenvalue weighted by Crippen LogP contribution is -2.28. The topological polar surface area (TPSA) is 78.1 Å². The second-order valence-electron chi connectivity index (χ2n) is 8.12. The Labute approximate surface area is 189 Å². The van der Waals surface area contributed by atoms with Crippen LogP contribution in [0, 0.1) is 0 Å². The number of H-pyrrole nitrogens is 1. The van der Waals surface area contributed by atoms with E-state index >= 15 is 0 Å². The molecule has 6 heteroatoms. The number of benzene rings is 3. The summed E-state index contributed by atoms with van der Waals surface area (Å²) in [7, 11) is 0. The van der Waals surface area contributed by atoms with Crippen LogP contribution >= 0.6 is 0 Å². The maximum atomic E-state index is 13.1. The Kier molecular flexibility index (Phi) is 4.43. The lowest BCUT2D eigenvalue weighted by atomic mass is 10.1. The fraction of sp³-hybridized carbons (Fsp3) is 0.0741. The van der Waals surface area contributed by atoms with Crippen LogP contribution in [0.25, 0.3) is 21.8 Å². The average Bonchev–Trinajstić information content (AvgIpc) is 3.27. The first-order valence-electron chi connectivity index (χ1n) is 10.9. The molecule has 0 bridgehead atoms. The molecule has 5 aromatic rings. The van der Waals surface area contributed by atoms with Crippen molar-refractivity contribution in [2.75, 3.05) is 16.8 Å². The smallest absolute Gasteiger partial charge is 0.258 e. The van der Waals surface area contributed by atoms with E-state index in [2.05, 4.69) is 21.4 Å². The zero-order valence-corrected chi connectivity index (χ0v) is 17.7. The normalized spacial score (nSPS) is 12.8. The van der Waals surface area contributed by atoms with E-state index in [4.69, 9.17) is 0 Å². The highest BCUT2D eigenvalue weighted by molar-refractivity contribution is 6.11. The zero-order valence-electron chi connectivity index (χ0n) is 17.7. The van der Waals surface area contributed by atoms with Gasteiger partial charge in [-0.2, -0.15) is 0 Å². The molecular weight excluding hydrogens is 412 g/mol. The van der Waals surface area contributed by atoms with Crippen molar-refractivity contribution in [1.29, 1.82) is 0 Å². The van der Waals surface area contributed by atoms with E-state index in [1.165, 1.54) is 0 Å². The molecule has 0 saturated carbocycles. The van der Waals surface area contributed by atoms with Gasteiger partial charge in [-0.15, -0.1) is 0 Å². The van der Waals surface area contributed by atoms with Gasteiger partial charge in [0.1, 0.15) is 5.65 Å². The molecule has 160 valence electrons. The maximum absolute atomic E-state index is 13.1. The van der Waals surface area contributed by atoms with Gasteiger partial charge in [0.25, 0.3) is 11.5 Å². The highest BCUT2D eigenvalue weighted by Crippen LogP contribution is 2.35. The molecule has 2 N–H and O–H groups in total. The second-order valence-corrected chi connectivity index (χ2v) is 8.12. The standard InChI is InChI=1S/C27H20N4O2/c32-26-21-9-5-4-8-20(21)24-22(12-14-28-25(24)30-26)29-19-11-10-17-13-15-31(23(17)16-19)27(33)18-6-2-1-3-7-18/h1-12,14,16H,13,15H2,(H2,28,29,30,32). The first-order valence-corrected chi connectivity index (χ1v) is 10.9. The van der Waals surface area contributed by atoms with Crippen molar-refractivity contribution >= 4 is 44.8 Å². The highest BCUT2D eigenvalue weighted by Gasteiger charge is 2.26. The third kappa shape index (κ3) is 3.24. The van der Waals surface area contributed by atoms with Crippen LogP contribution in [0.5, 0.6) is 0 Å². The zero-order chi connectivity index (χ0) is 22.4. The van der Waals surface area contributed by atoms with Gasteiger partial charge in [-0.05, 0) is 48.4 Å². The number of nitrogens with one attached hydrogen (secondary N) is 2. The highest BCUT2D eigenvalue weighted by atomic mass is 16.2. The van der Waals surface area contributed by atoms with Gasteiger partial charge in [-0.25, -0.2) is 4.98 Å². The van der Waals surface area contributed by atoms with E-state index in [1.54, 1.807) is 6.20 Å². The monoisotopic (exact) mass is 432 g/mol. The predicted octanol–water partition coefficient (Wildman–Crippen LogP) is 5.02. The van der Waals surface area contributed by atoms with Gasteiger partial charge in [-0.3, -0.25) is 9.59 Å². The first kappa shape index (κ1) is 19.3. The van der Waals surface area contributed by atoms with Gasteiger partial charge in [0, 0.05) is 45.8 Å². The molecule has 1 aliphatic rings. The van der Waals surface area contributed by atoms with Gasteiger partial charge < -0.3 is 15.2 Å². The fourth-order valence-electron chi connectivity index (χ4n) is 4.57. The molecule has 0 unspecified atom stereocenters. The van der Waals surface area contributed by atoms with Crippen molar-refractivity contribution in [1.82, 2.24) is 9.97 Å². The van der Waals surface area contributed by atoms with Crippen molar-refractivity contribution in [2.24, 2.45) is 0 Å². The maximum Gasteiger partial charge on any atom is 0.258 e. The molecule has 0 atom stereocenters. The molecule has 2 aromatic heterocycles. The van der Waals surface area contributed by atoms with Crippen molar-refractivity contribution in [2.45, 2.75) is 6.42 Å². The first-order chi connectivity index (χ1) is 16.2. The number of amides is 1. The largest absolute Gasteiger partial charge is 0.355 e. The molecule has 1 amide bonds. The quantitative estimate of drug-likeness (QED) is 0.392. The van der Waals surface area contributed by atoms with Crippen LogP contribution in [0.3, 0.4) is 0 Å².